The summed E-state index contributed by atoms with van der Waals surface area (Å²) in [6.45, 7) is 6.53. The molecule has 0 saturated carbocycles. The lowest BCUT2D eigenvalue weighted by Crippen LogP contribution is -2.31. The summed E-state index contributed by atoms with van der Waals surface area (Å²) in [5.41, 5.74) is 2.04. The van der Waals surface area contributed by atoms with Crippen LogP contribution >= 0.6 is 11.3 Å². The zero-order valence-electron chi connectivity index (χ0n) is 6.83. The molecule has 1 rings (SSSR count). The van der Waals surface area contributed by atoms with Gasteiger partial charge < -0.3 is 4.74 Å². The third kappa shape index (κ3) is 1.60. The topological polar surface area (TPSA) is 13.1 Å². The maximum absolute atomic E-state index is 5.19. The number of hydrogen-bond donors (Lipinski definition) is 0. The number of nitrogens with zero attached hydrogens (tertiary/aromatic N) is 1. The van der Waals surface area contributed by atoms with Crippen molar-refractivity contribution in [2.75, 3.05) is 7.11 Å². The van der Waals surface area contributed by atoms with E-state index in [4.69, 9.17) is 4.74 Å². The number of hydrogen-bond acceptors (Lipinski definition) is 2. The summed E-state index contributed by atoms with van der Waals surface area (Å²) in [6, 6.07) is 0. The molecule has 0 saturated heterocycles. The first-order valence-electron chi connectivity index (χ1n) is 3.42. The monoisotopic (exact) mass is 170 g/mol. The van der Waals surface area contributed by atoms with E-state index in [0.717, 1.165) is 12.4 Å². The molecular formula is C8H12NOS+. The Morgan fingerprint density at radius 3 is 3.09 bits per heavy atom. The molecule has 1 heterocycles. The molecule has 0 fully saturated rings. The third-order valence-corrected chi connectivity index (χ3v) is 2.33. The van der Waals surface area contributed by atoms with Crippen molar-refractivity contribution in [3.05, 3.63) is 23.0 Å². The van der Waals surface area contributed by atoms with Crippen molar-refractivity contribution in [2.45, 2.75) is 13.5 Å². The minimum absolute atomic E-state index is 0.813. The van der Waals surface area contributed by atoms with Gasteiger partial charge in [-0.3, -0.25) is 0 Å². The fraction of sp³-hybridized carbons (Fsp3) is 0.375. The standard InChI is InChI=1S/C8H12NOS/c1-4-5-9-6-11-7(2)8(9)10-3/h4,6H,1,5H2,2-3H3/q+1. The molecule has 0 unspecified atom stereocenters. The molecule has 1 aromatic heterocycles. The smallest absolute Gasteiger partial charge is 0.381 e. The maximum atomic E-state index is 5.19. The molecule has 2 nitrogen and oxygen atoms in total. The van der Waals surface area contributed by atoms with Crippen LogP contribution in [0.25, 0.3) is 0 Å². The van der Waals surface area contributed by atoms with Gasteiger partial charge in [-0.2, -0.15) is 4.57 Å². The average Bonchev–Trinajstić information content (AvgIpc) is 2.33. The molecule has 0 aliphatic carbocycles. The van der Waals surface area contributed by atoms with Gasteiger partial charge in [-0.15, -0.1) is 0 Å². The number of ether oxygens (including phenoxy) is 1. The van der Waals surface area contributed by atoms with Gasteiger partial charge in [0.15, 0.2) is 6.54 Å². The second kappa shape index (κ2) is 3.53. The number of methoxy groups -OCH3 is 1. The minimum atomic E-state index is 0.813. The molecule has 0 aliphatic heterocycles. The van der Waals surface area contributed by atoms with Crippen LogP contribution in [0.1, 0.15) is 4.88 Å². The molecule has 3 heteroatoms. The number of aryl methyl sites for hydroxylation is 1. The highest BCUT2D eigenvalue weighted by molar-refractivity contribution is 7.09. The van der Waals surface area contributed by atoms with E-state index < -0.39 is 0 Å². The molecular weight excluding hydrogens is 158 g/mol. The third-order valence-electron chi connectivity index (χ3n) is 1.44. The Labute approximate surface area is 70.8 Å². The van der Waals surface area contributed by atoms with Gasteiger partial charge in [0.25, 0.3) is 0 Å². The Bertz CT molecular complexity index is 255. The van der Waals surface area contributed by atoms with Crippen molar-refractivity contribution in [3.8, 4) is 5.88 Å². The Morgan fingerprint density at radius 1 is 1.82 bits per heavy atom. The van der Waals surface area contributed by atoms with Gasteiger partial charge in [0, 0.05) is 0 Å². The Hall–Kier alpha value is -0.830. The summed E-state index contributed by atoms with van der Waals surface area (Å²) in [4.78, 5) is 1.20. The summed E-state index contributed by atoms with van der Waals surface area (Å²) in [5.74, 6) is 0.940. The lowest BCUT2D eigenvalue weighted by Gasteiger charge is -1.93. The molecule has 0 amide bonds. The van der Waals surface area contributed by atoms with Gasteiger partial charge in [0.1, 0.15) is 4.88 Å². The predicted molar refractivity (Wildman–Crippen MR) is 46.0 cm³/mol. The Kier molecular flexibility index (Phi) is 2.65. The van der Waals surface area contributed by atoms with Gasteiger partial charge in [-0.25, -0.2) is 0 Å². The van der Waals surface area contributed by atoms with Gasteiger partial charge in [-0.05, 0) is 13.0 Å². The van der Waals surface area contributed by atoms with Crippen LogP contribution in [0.15, 0.2) is 18.2 Å². The van der Waals surface area contributed by atoms with E-state index in [2.05, 4.69) is 6.58 Å². The molecule has 0 atom stereocenters. The molecule has 0 N–H and O–H groups in total. The molecule has 0 radical (unpaired) electrons. The van der Waals surface area contributed by atoms with E-state index in [9.17, 15) is 0 Å². The maximum Gasteiger partial charge on any atom is 0.381 e. The van der Waals surface area contributed by atoms with Crippen molar-refractivity contribution < 1.29 is 9.30 Å². The highest BCUT2D eigenvalue weighted by Gasteiger charge is 2.14. The van der Waals surface area contributed by atoms with Crippen molar-refractivity contribution in [1.82, 2.24) is 0 Å². The summed E-state index contributed by atoms with van der Waals surface area (Å²) in [5, 5.41) is 0. The molecule has 0 aliphatic rings. The fourth-order valence-electron chi connectivity index (χ4n) is 0.969. The number of aromatic nitrogens is 1. The zero-order chi connectivity index (χ0) is 8.27. The first-order chi connectivity index (χ1) is 5.29. The highest BCUT2D eigenvalue weighted by atomic mass is 32.1. The van der Waals surface area contributed by atoms with Crippen LogP contribution in [0.5, 0.6) is 5.88 Å². The van der Waals surface area contributed by atoms with E-state index in [-0.39, 0.29) is 0 Å². The number of allylic oxidation sites excluding steroid dienone is 1. The van der Waals surface area contributed by atoms with Crippen molar-refractivity contribution >= 4 is 11.3 Å². The summed E-state index contributed by atoms with van der Waals surface area (Å²) < 4.78 is 7.23. The van der Waals surface area contributed by atoms with Crippen molar-refractivity contribution in [2.24, 2.45) is 0 Å². The minimum Gasteiger partial charge on any atom is -0.447 e. The lowest BCUT2D eigenvalue weighted by atomic mass is 10.5. The van der Waals surface area contributed by atoms with Crippen LogP contribution in [0, 0.1) is 6.92 Å². The van der Waals surface area contributed by atoms with Gasteiger partial charge in [0.05, 0.1) is 7.11 Å². The Balaban J connectivity index is 2.95. The van der Waals surface area contributed by atoms with Crippen LogP contribution < -0.4 is 9.30 Å². The molecule has 0 spiro atoms. The highest BCUT2D eigenvalue weighted by Crippen LogP contribution is 2.16. The SMILES string of the molecule is C=CC[n+]1csc(C)c1OC. The van der Waals surface area contributed by atoms with Crippen LogP contribution in [-0.4, -0.2) is 7.11 Å². The number of thiazole rings is 1. The predicted octanol–water partition coefficient (Wildman–Crippen LogP) is 1.54. The van der Waals surface area contributed by atoms with Crippen LogP contribution in [-0.2, 0) is 6.54 Å². The largest absolute Gasteiger partial charge is 0.447 e. The second-order valence-corrected chi connectivity index (χ2v) is 3.29. The first-order valence-corrected chi connectivity index (χ1v) is 4.30. The van der Waals surface area contributed by atoms with E-state index in [1.165, 1.54) is 4.88 Å². The lowest BCUT2D eigenvalue weighted by molar-refractivity contribution is -0.687. The fourth-order valence-corrected chi connectivity index (χ4v) is 1.74. The zero-order valence-corrected chi connectivity index (χ0v) is 7.65. The number of rotatable bonds is 3. The van der Waals surface area contributed by atoms with Crippen molar-refractivity contribution in [1.29, 1.82) is 0 Å². The summed E-state index contributed by atoms with van der Waals surface area (Å²) in [6.07, 6.45) is 1.86. The van der Waals surface area contributed by atoms with Gasteiger partial charge in [-0.1, -0.05) is 17.9 Å². The van der Waals surface area contributed by atoms with E-state index in [1.54, 1.807) is 18.4 Å². The second-order valence-electron chi connectivity index (χ2n) is 2.23. The van der Waals surface area contributed by atoms with Gasteiger partial charge in [0.2, 0.25) is 5.51 Å². The molecule has 60 valence electrons. The van der Waals surface area contributed by atoms with E-state index >= 15 is 0 Å². The van der Waals surface area contributed by atoms with Crippen LogP contribution in [0.3, 0.4) is 0 Å². The summed E-state index contributed by atoms with van der Waals surface area (Å²) in [7, 11) is 1.69. The van der Waals surface area contributed by atoms with Crippen LogP contribution in [0.4, 0.5) is 0 Å². The van der Waals surface area contributed by atoms with E-state index in [0.29, 0.717) is 0 Å². The normalized spacial score (nSPS) is 9.64. The van der Waals surface area contributed by atoms with Crippen LogP contribution in [0.2, 0.25) is 0 Å². The summed E-state index contributed by atoms with van der Waals surface area (Å²) >= 11 is 1.69. The van der Waals surface area contributed by atoms with E-state index in [1.807, 2.05) is 23.1 Å². The molecule has 1 aromatic rings. The Morgan fingerprint density at radius 2 is 2.55 bits per heavy atom. The average molecular weight is 170 g/mol. The first kappa shape index (κ1) is 8.27. The molecule has 0 bridgehead atoms. The molecule has 11 heavy (non-hydrogen) atoms. The molecule has 0 aromatic carbocycles. The van der Waals surface area contributed by atoms with Crippen molar-refractivity contribution in [3.63, 3.8) is 0 Å². The quantitative estimate of drug-likeness (QED) is 0.495. The van der Waals surface area contributed by atoms with Gasteiger partial charge >= 0.3 is 5.88 Å².